The van der Waals surface area contributed by atoms with Gasteiger partial charge < -0.3 is 9.73 Å². The number of halogens is 1. The van der Waals surface area contributed by atoms with Crippen molar-refractivity contribution in [3.8, 4) is 11.3 Å². The third-order valence-electron chi connectivity index (χ3n) is 4.11. The van der Waals surface area contributed by atoms with Crippen molar-refractivity contribution in [2.24, 2.45) is 0 Å². The summed E-state index contributed by atoms with van der Waals surface area (Å²) in [6, 6.07) is 12.9. The number of carbonyl (C=O) groups is 1. The monoisotopic (exact) mass is 370 g/mol. The predicted molar refractivity (Wildman–Crippen MR) is 99.7 cm³/mol. The number of nitrogens with zero attached hydrogens (tertiary/aromatic N) is 1. The lowest BCUT2D eigenvalue weighted by atomic mass is 10.1. The quantitative estimate of drug-likeness (QED) is 0.493. The van der Waals surface area contributed by atoms with E-state index in [9.17, 15) is 14.9 Å². The Labute approximate surface area is 154 Å². The fourth-order valence-corrected chi connectivity index (χ4v) is 2.76. The second kappa shape index (κ2) is 7.01. The number of non-ortho nitro benzene ring substituents is 1. The lowest BCUT2D eigenvalue weighted by molar-refractivity contribution is -0.384. The van der Waals surface area contributed by atoms with E-state index >= 15 is 0 Å². The highest BCUT2D eigenvalue weighted by Gasteiger charge is 2.17. The van der Waals surface area contributed by atoms with Crippen LogP contribution in [0.2, 0.25) is 5.02 Å². The number of amides is 1. The van der Waals surface area contributed by atoms with Crippen molar-refractivity contribution in [3.05, 3.63) is 80.6 Å². The van der Waals surface area contributed by atoms with Crippen molar-refractivity contribution in [1.82, 2.24) is 0 Å². The van der Waals surface area contributed by atoms with Gasteiger partial charge in [-0.15, -0.1) is 0 Å². The highest BCUT2D eigenvalue weighted by Crippen LogP contribution is 2.32. The summed E-state index contributed by atoms with van der Waals surface area (Å²) in [5, 5.41) is 13.8. The van der Waals surface area contributed by atoms with Gasteiger partial charge in [-0.1, -0.05) is 23.7 Å². The third kappa shape index (κ3) is 3.45. The maximum Gasteiger partial charge on any atom is 0.291 e. The Morgan fingerprint density at radius 1 is 1.15 bits per heavy atom. The molecule has 1 heterocycles. The fourth-order valence-electron chi connectivity index (χ4n) is 2.49. The van der Waals surface area contributed by atoms with Crippen LogP contribution in [0.15, 0.2) is 52.9 Å². The molecule has 3 rings (SSSR count). The van der Waals surface area contributed by atoms with Crippen molar-refractivity contribution in [2.75, 3.05) is 5.32 Å². The molecule has 7 heteroatoms. The summed E-state index contributed by atoms with van der Waals surface area (Å²) >= 11 is 6.10. The molecule has 0 saturated carbocycles. The van der Waals surface area contributed by atoms with Crippen LogP contribution < -0.4 is 5.32 Å². The van der Waals surface area contributed by atoms with Crippen LogP contribution in [0, 0.1) is 24.0 Å². The molecule has 132 valence electrons. The van der Waals surface area contributed by atoms with Gasteiger partial charge in [-0.3, -0.25) is 14.9 Å². The Morgan fingerprint density at radius 3 is 2.62 bits per heavy atom. The van der Waals surface area contributed by atoms with Crippen LogP contribution in [-0.2, 0) is 0 Å². The van der Waals surface area contributed by atoms with Gasteiger partial charge >= 0.3 is 0 Å². The van der Waals surface area contributed by atoms with Gasteiger partial charge in [0.25, 0.3) is 11.6 Å². The van der Waals surface area contributed by atoms with Crippen LogP contribution in [0.3, 0.4) is 0 Å². The van der Waals surface area contributed by atoms with E-state index < -0.39 is 4.92 Å². The average molecular weight is 371 g/mol. The number of anilines is 1. The maximum atomic E-state index is 12.4. The van der Waals surface area contributed by atoms with Crippen molar-refractivity contribution < 1.29 is 14.1 Å². The normalized spacial score (nSPS) is 10.6. The molecular formula is C19H15ClN2O4. The SMILES string of the molecule is Cc1cccc(NC(=O)c2ccc(-c3ccc([N+](=O)[O-])cc3Cl)o2)c1C. The molecule has 2 aromatic carbocycles. The summed E-state index contributed by atoms with van der Waals surface area (Å²) in [4.78, 5) is 22.7. The summed E-state index contributed by atoms with van der Waals surface area (Å²) in [5.41, 5.74) is 3.12. The molecule has 0 aliphatic heterocycles. The van der Waals surface area contributed by atoms with E-state index in [1.165, 1.54) is 24.3 Å². The highest BCUT2D eigenvalue weighted by atomic mass is 35.5. The Bertz CT molecular complexity index is 1010. The second-order valence-corrected chi connectivity index (χ2v) is 6.19. The molecule has 26 heavy (non-hydrogen) atoms. The number of nitrogens with one attached hydrogen (secondary N) is 1. The Kier molecular flexibility index (Phi) is 4.77. The molecular weight excluding hydrogens is 356 g/mol. The molecule has 0 atom stereocenters. The zero-order chi connectivity index (χ0) is 18.8. The molecule has 0 unspecified atom stereocenters. The van der Waals surface area contributed by atoms with Crippen LogP contribution in [-0.4, -0.2) is 10.8 Å². The predicted octanol–water partition coefficient (Wildman–Crippen LogP) is 5.38. The van der Waals surface area contributed by atoms with Crippen LogP contribution in [0.1, 0.15) is 21.7 Å². The molecule has 0 saturated heterocycles. The van der Waals surface area contributed by atoms with E-state index in [-0.39, 0.29) is 22.4 Å². The number of hydrogen-bond acceptors (Lipinski definition) is 4. The molecule has 1 amide bonds. The minimum atomic E-state index is -0.527. The van der Waals surface area contributed by atoms with E-state index in [0.29, 0.717) is 17.0 Å². The molecule has 0 radical (unpaired) electrons. The molecule has 3 aromatic rings. The zero-order valence-electron chi connectivity index (χ0n) is 14.1. The van der Waals surface area contributed by atoms with E-state index in [4.69, 9.17) is 16.0 Å². The Balaban J connectivity index is 1.84. The minimum Gasteiger partial charge on any atom is -0.451 e. The van der Waals surface area contributed by atoms with Crippen LogP contribution >= 0.6 is 11.6 Å². The van der Waals surface area contributed by atoms with E-state index in [1.807, 2.05) is 32.0 Å². The van der Waals surface area contributed by atoms with Gasteiger partial charge in [0.05, 0.1) is 9.95 Å². The standard InChI is InChI=1S/C19H15ClN2O4/c1-11-4-3-5-16(12(11)2)21-19(23)18-9-8-17(26-18)14-7-6-13(22(24)25)10-15(14)20/h3-10H,1-2H3,(H,21,23). The van der Waals surface area contributed by atoms with Gasteiger partial charge in [0.15, 0.2) is 5.76 Å². The van der Waals surface area contributed by atoms with Crippen LogP contribution in [0.25, 0.3) is 11.3 Å². The zero-order valence-corrected chi connectivity index (χ0v) is 14.8. The van der Waals surface area contributed by atoms with Gasteiger partial charge in [0.2, 0.25) is 0 Å². The van der Waals surface area contributed by atoms with Crippen LogP contribution in [0.4, 0.5) is 11.4 Å². The molecule has 1 aromatic heterocycles. The average Bonchev–Trinajstić information content (AvgIpc) is 3.08. The van der Waals surface area contributed by atoms with E-state index in [1.54, 1.807) is 6.07 Å². The number of aryl methyl sites for hydroxylation is 1. The first-order chi connectivity index (χ1) is 12.4. The molecule has 0 aliphatic carbocycles. The number of hydrogen-bond donors (Lipinski definition) is 1. The molecule has 0 spiro atoms. The lowest BCUT2D eigenvalue weighted by Crippen LogP contribution is -2.12. The number of nitro benzene ring substituents is 1. The lowest BCUT2D eigenvalue weighted by Gasteiger charge is -2.09. The molecule has 0 fully saturated rings. The van der Waals surface area contributed by atoms with Crippen molar-refractivity contribution in [1.29, 1.82) is 0 Å². The van der Waals surface area contributed by atoms with Gasteiger partial charge in [-0.25, -0.2) is 0 Å². The summed E-state index contributed by atoms with van der Waals surface area (Å²) < 4.78 is 5.59. The van der Waals surface area contributed by atoms with E-state index in [0.717, 1.165) is 11.1 Å². The molecule has 0 aliphatic rings. The second-order valence-electron chi connectivity index (χ2n) is 5.79. The third-order valence-corrected chi connectivity index (χ3v) is 4.42. The molecule has 0 bridgehead atoms. The van der Waals surface area contributed by atoms with Gasteiger partial charge in [0, 0.05) is 23.4 Å². The number of rotatable bonds is 4. The smallest absolute Gasteiger partial charge is 0.291 e. The first-order valence-corrected chi connectivity index (χ1v) is 8.16. The number of carbonyl (C=O) groups excluding carboxylic acids is 1. The summed E-state index contributed by atoms with van der Waals surface area (Å²) in [5.74, 6) is 0.0920. The summed E-state index contributed by atoms with van der Waals surface area (Å²) in [6.45, 7) is 3.89. The maximum absolute atomic E-state index is 12.4. The van der Waals surface area contributed by atoms with Gasteiger partial charge in [0.1, 0.15) is 5.76 Å². The first kappa shape index (κ1) is 17.7. The summed E-state index contributed by atoms with van der Waals surface area (Å²) in [6.07, 6.45) is 0. The fraction of sp³-hybridized carbons (Fsp3) is 0.105. The highest BCUT2D eigenvalue weighted by molar-refractivity contribution is 6.33. The van der Waals surface area contributed by atoms with Crippen molar-refractivity contribution in [3.63, 3.8) is 0 Å². The van der Waals surface area contributed by atoms with Crippen molar-refractivity contribution >= 4 is 28.9 Å². The number of nitro groups is 1. The number of furan rings is 1. The van der Waals surface area contributed by atoms with Crippen molar-refractivity contribution in [2.45, 2.75) is 13.8 Å². The molecule has 6 nitrogen and oxygen atoms in total. The van der Waals surface area contributed by atoms with Crippen LogP contribution in [0.5, 0.6) is 0 Å². The Morgan fingerprint density at radius 2 is 1.92 bits per heavy atom. The summed E-state index contributed by atoms with van der Waals surface area (Å²) in [7, 11) is 0. The topological polar surface area (TPSA) is 85.4 Å². The Hall–Kier alpha value is -3.12. The minimum absolute atomic E-state index is 0.113. The van der Waals surface area contributed by atoms with Gasteiger partial charge in [-0.2, -0.15) is 0 Å². The first-order valence-electron chi connectivity index (χ1n) is 7.78. The largest absolute Gasteiger partial charge is 0.451 e. The van der Waals surface area contributed by atoms with E-state index in [2.05, 4.69) is 5.32 Å². The molecule has 1 N–H and O–H groups in total. The van der Waals surface area contributed by atoms with Gasteiger partial charge in [-0.05, 0) is 49.2 Å². The number of benzene rings is 2.